The lowest BCUT2D eigenvalue weighted by Crippen LogP contribution is -2.30. The molecule has 1 heterocycles. The van der Waals surface area contributed by atoms with Gasteiger partial charge in [0.15, 0.2) is 0 Å². The number of hydrogen-bond donors (Lipinski definition) is 1. The number of aromatic nitrogens is 1. The number of pyridine rings is 1. The third-order valence-corrected chi connectivity index (χ3v) is 3.64. The van der Waals surface area contributed by atoms with E-state index < -0.39 is 0 Å². The van der Waals surface area contributed by atoms with E-state index in [2.05, 4.69) is 36.3 Å². The molecule has 1 amide bonds. The Morgan fingerprint density at radius 1 is 1.09 bits per heavy atom. The Morgan fingerprint density at radius 3 is 2.41 bits per heavy atom. The molecule has 0 radical (unpaired) electrons. The molecule has 0 aliphatic carbocycles. The van der Waals surface area contributed by atoms with Crippen molar-refractivity contribution in [1.82, 2.24) is 10.3 Å². The van der Waals surface area contributed by atoms with Gasteiger partial charge >= 0.3 is 0 Å². The molecule has 2 aromatic rings. The van der Waals surface area contributed by atoms with Gasteiger partial charge in [-0.25, -0.2) is 0 Å². The molecule has 3 heteroatoms. The van der Waals surface area contributed by atoms with Crippen molar-refractivity contribution in [3.8, 4) is 0 Å². The Bertz CT molecular complexity index is 567. The van der Waals surface area contributed by atoms with Gasteiger partial charge in [-0.3, -0.25) is 9.78 Å². The smallest absolute Gasteiger partial charge is 0.220 e. The first kappa shape index (κ1) is 16.2. The molecule has 1 aromatic heterocycles. The predicted molar refractivity (Wildman–Crippen MR) is 89.6 cm³/mol. The maximum absolute atomic E-state index is 11.9. The second-order valence-electron chi connectivity index (χ2n) is 6.07. The number of carbonyl (C=O) groups is 1. The fourth-order valence-corrected chi connectivity index (χ4v) is 2.52. The summed E-state index contributed by atoms with van der Waals surface area (Å²) in [6.45, 7) is 4.79. The molecular weight excluding hydrogens is 272 g/mol. The monoisotopic (exact) mass is 296 g/mol. The number of carbonyl (C=O) groups excluding carboxylic acids is 1. The van der Waals surface area contributed by atoms with Gasteiger partial charge in [-0.05, 0) is 35.6 Å². The number of amides is 1. The predicted octanol–water partition coefficient (Wildman–Crippen LogP) is 3.57. The standard InChI is InChI=1S/C19H24N2O/c1-15(2)12-19(22)21-14-18(17-6-4-3-5-7-17)13-16-8-10-20-11-9-16/h3-11,15,18H,12-14H2,1-2H3,(H,21,22). The molecule has 1 atom stereocenters. The molecular formula is C19H24N2O. The molecule has 0 aliphatic heterocycles. The lowest BCUT2D eigenvalue weighted by molar-refractivity contribution is -0.121. The van der Waals surface area contributed by atoms with Gasteiger partial charge in [-0.2, -0.15) is 0 Å². The van der Waals surface area contributed by atoms with Gasteiger partial charge in [-0.15, -0.1) is 0 Å². The summed E-state index contributed by atoms with van der Waals surface area (Å²) in [5.41, 5.74) is 2.49. The van der Waals surface area contributed by atoms with Crippen molar-refractivity contribution < 1.29 is 4.79 Å². The first-order chi connectivity index (χ1) is 10.6. The van der Waals surface area contributed by atoms with Crippen LogP contribution in [-0.4, -0.2) is 17.4 Å². The van der Waals surface area contributed by atoms with Crippen LogP contribution in [0.25, 0.3) is 0 Å². The molecule has 22 heavy (non-hydrogen) atoms. The van der Waals surface area contributed by atoms with E-state index in [0.717, 1.165) is 6.42 Å². The second kappa shape index (κ2) is 8.32. The number of hydrogen-bond acceptors (Lipinski definition) is 2. The van der Waals surface area contributed by atoms with E-state index in [-0.39, 0.29) is 11.8 Å². The summed E-state index contributed by atoms with van der Waals surface area (Å²) < 4.78 is 0. The molecule has 0 spiro atoms. The highest BCUT2D eigenvalue weighted by molar-refractivity contribution is 5.76. The van der Waals surface area contributed by atoms with Gasteiger partial charge in [-0.1, -0.05) is 44.2 Å². The minimum Gasteiger partial charge on any atom is -0.355 e. The van der Waals surface area contributed by atoms with E-state index in [1.165, 1.54) is 11.1 Å². The molecule has 0 bridgehead atoms. The van der Waals surface area contributed by atoms with Crippen molar-refractivity contribution in [2.75, 3.05) is 6.54 Å². The highest BCUT2D eigenvalue weighted by Crippen LogP contribution is 2.20. The highest BCUT2D eigenvalue weighted by Gasteiger charge is 2.14. The van der Waals surface area contributed by atoms with Crippen LogP contribution in [0, 0.1) is 5.92 Å². The Labute approximate surface area is 132 Å². The van der Waals surface area contributed by atoms with Crippen molar-refractivity contribution in [3.05, 3.63) is 66.0 Å². The van der Waals surface area contributed by atoms with Crippen LogP contribution in [0.3, 0.4) is 0 Å². The molecule has 0 aliphatic rings. The minimum atomic E-state index is 0.130. The Morgan fingerprint density at radius 2 is 1.77 bits per heavy atom. The first-order valence-corrected chi connectivity index (χ1v) is 7.85. The van der Waals surface area contributed by atoms with E-state index >= 15 is 0 Å². The fourth-order valence-electron chi connectivity index (χ4n) is 2.52. The van der Waals surface area contributed by atoms with Crippen LogP contribution in [0.4, 0.5) is 0 Å². The normalized spacial score (nSPS) is 12.1. The number of benzene rings is 1. The van der Waals surface area contributed by atoms with Crippen LogP contribution in [0.1, 0.15) is 37.3 Å². The zero-order valence-corrected chi connectivity index (χ0v) is 13.3. The van der Waals surface area contributed by atoms with Crippen molar-refractivity contribution in [3.63, 3.8) is 0 Å². The van der Waals surface area contributed by atoms with Crippen molar-refractivity contribution in [1.29, 1.82) is 0 Å². The van der Waals surface area contributed by atoms with Gasteiger partial charge < -0.3 is 5.32 Å². The van der Waals surface area contributed by atoms with Gasteiger partial charge in [0.1, 0.15) is 0 Å². The van der Waals surface area contributed by atoms with Gasteiger partial charge in [0.05, 0.1) is 0 Å². The summed E-state index contributed by atoms with van der Waals surface area (Å²) in [5.74, 6) is 0.792. The molecule has 1 N–H and O–H groups in total. The van der Waals surface area contributed by atoms with Gasteiger partial charge in [0.25, 0.3) is 0 Å². The minimum absolute atomic E-state index is 0.130. The number of rotatable bonds is 7. The van der Waals surface area contributed by atoms with Crippen LogP contribution in [0.15, 0.2) is 54.9 Å². The third-order valence-electron chi connectivity index (χ3n) is 3.64. The van der Waals surface area contributed by atoms with Crippen LogP contribution in [0.5, 0.6) is 0 Å². The van der Waals surface area contributed by atoms with E-state index in [1.807, 2.05) is 42.7 Å². The van der Waals surface area contributed by atoms with Crippen LogP contribution in [0.2, 0.25) is 0 Å². The maximum Gasteiger partial charge on any atom is 0.220 e. The van der Waals surface area contributed by atoms with Gasteiger partial charge in [0, 0.05) is 31.3 Å². The fraction of sp³-hybridized carbons (Fsp3) is 0.368. The Balaban J connectivity index is 2.04. The van der Waals surface area contributed by atoms with Crippen LogP contribution in [-0.2, 0) is 11.2 Å². The molecule has 0 saturated heterocycles. The molecule has 3 nitrogen and oxygen atoms in total. The number of nitrogens with one attached hydrogen (secondary N) is 1. The van der Waals surface area contributed by atoms with Crippen molar-refractivity contribution in [2.24, 2.45) is 5.92 Å². The highest BCUT2D eigenvalue weighted by atomic mass is 16.1. The summed E-state index contributed by atoms with van der Waals surface area (Å²) >= 11 is 0. The zero-order chi connectivity index (χ0) is 15.8. The van der Waals surface area contributed by atoms with Crippen molar-refractivity contribution in [2.45, 2.75) is 32.6 Å². The van der Waals surface area contributed by atoms with Crippen LogP contribution >= 0.6 is 0 Å². The Hall–Kier alpha value is -2.16. The average molecular weight is 296 g/mol. The van der Waals surface area contributed by atoms with E-state index in [4.69, 9.17) is 0 Å². The third kappa shape index (κ3) is 5.32. The quantitative estimate of drug-likeness (QED) is 0.848. The molecule has 1 unspecified atom stereocenters. The van der Waals surface area contributed by atoms with E-state index in [9.17, 15) is 4.79 Å². The van der Waals surface area contributed by atoms with Crippen LogP contribution < -0.4 is 5.32 Å². The lowest BCUT2D eigenvalue weighted by atomic mass is 9.92. The Kier molecular flexibility index (Phi) is 6.13. The summed E-state index contributed by atoms with van der Waals surface area (Å²) in [7, 11) is 0. The maximum atomic E-state index is 11.9. The summed E-state index contributed by atoms with van der Waals surface area (Å²) in [6.07, 6.45) is 5.11. The topological polar surface area (TPSA) is 42.0 Å². The lowest BCUT2D eigenvalue weighted by Gasteiger charge is -2.19. The van der Waals surface area contributed by atoms with Gasteiger partial charge in [0.2, 0.25) is 5.91 Å². The molecule has 0 fully saturated rings. The largest absolute Gasteiger partial charge is 0.355 e. The first-order valence-electron chi connectivity index (χ1n) is 7.85. The summed E-state index contributed by atoms with van der Waals surface area (Å²) in [6, 6.07) is 14.4. The second-order valence-corrected chi connectivity index (χ2v) is 6.07. The molecule has 116 valence electrons. The zero-order valence-electron chi connectivity index (χ0n) is 13.3. The average Bonchev–Trinajstić information content (AvgIpc) is 2.52. The number of nitrogens with zero attached hydrogens (tertiary/aromatic N) is 1. The molecule has 2 rings (SSSR count). The molecule has 1 aromatic carbocycles. The SMILES string of the molecule is CC(C)CC(=O)NCC(Cc1ccncc1)c1ccccc1. The summed E-state index contributed by atoms with van der Waals surface area (Å²) in [4.78, 5) is 16.0. The molecule has 0 saturated carbocycles. The van der Waals surface area contributed by atoms with E-state index in [1.54, 1.807) is 0 Å². The summed E-state index contributed by atoms with van der Waals surface area (Å²) in [5, 5.41) is 3.08. The van der Waals surface area contributed by atoms with Crippen molar-refractivity contribution >= 4 is 5.91 Å². The van der Waals surface area contributed by atoms with E-state index in [0.29, 0.717) is 18.9 Å².